The molecule has 0 aromatic heterocycles. The highest BCUT2D eigenvalue weighted by molar-refractivity contribution is 6.07. The van der Waals surface area contributed by atoms with Crippen molar-refractivity contribution >= 4 is 11.7 Å². The highest BCUT2D eigenvalue weighted by atomic mass is 16.6. The molecule has 1 aliphatic rings. The fourth-order valence-electron chi connectivity index (χ4n) is 3.33. The molecule has 0 saturated heterocycles. The highest BCUT2D eigenvalue weighted by Crippen LogP contribution is 2.26. The Balaban J connectivity index is 1.70. The van der Waals surface area contributed by atoms with E-state index in [0.29, 0.717) is 13.1 Å². The zero-order chi connectivity index (χ0) is 21.7. The summed E-state index contributed by atoms with van der Waals surface area (Å²) < 4.78 is 5.56. The Bertz CT molecular complexity index is 940. The fourth-order valence-corrected chi connectivity index (χ4v) is 3.33. The van der Waals surface area contributed by atoms with Crippen molar-refractivity contribution in [3.8, 4) is 11.1 Å². The average Bonchev–Trinajstić information content (AvgIpc) is 3.22. The second-order valence-corrected chi connectivity index (χ2v) is 8.81. The van der Waals surface area contributed by atoms with Gasteiger partial charge in [0.15, 0.2) is 0 Å². The van der Waals surface area contributed by atoms with E-state index in [9.17, 15) is 4.79 Å². The summed E-state index contributed by atoms with van der Waals surface area (Å²) in [4.78, 5) is 12.5. The van der Waals surface area contributed by atoms with Crippen molar-refractivity contribution in [3.63, 3.8) is 0 Å². The van der Waals surface area contributed by atoms with E-state index in [2.05, 4.69) is 51.1 Å². The number of rotatable bonds is 7. The van der Waals surface area contributed by atoms with Gasteiger partial charge in [0, 0.05) is 12.1 Å². The molecule has 0 amide bonds. The lowest BCUT2D eigenvalue weighted by Crippen LogP contribution is -2.44. The summed E-state index contributed by atoms with van der Waals surface area (Å²) in [6, 6.07) is 16.2. The van der Waals surface area contributed by atoms with Crippen molar-refractivity contribution in [2.45, 2.75) is 52.8 Å². The molecule has 30 heavy (non-hydrogen) atoms. The van der Waals surface area contributed by atoms with Crippen molar-refractivity contribution in [1.82, 2.24) is 5.32 Å². The van der Waals surface area contributed by atoms with E-state index < -0.39 is 5.60 Å². The average molecular weight is 407 g/mol. The molecule has 1 atom stereocenters. The molecule has 2 aromatic rings. The predicted octanol–water partition coefficient (Wildman–Crippen LogP) is 4.98. The maximum absolute atomic E-state index is 12.5. The van der Waals surface area contributed by atoms with E-state index in [4.69, 9.17) is 4.74 Å². The Morgan fingerprint density at radius 1 is 1.07 bits per heavy atom. The van der Waals surface area contributed by atoms with Gasteiger partial charge in [0.25, 0.3) is 0 Å². The molecule has 158 valence electrons. The summed E-state index contributed by atoms with van der Waals surface area (Å²) in [5.41, 5.74) is 4.76. The van der Waals surface area contributed by atoms with Gasteiger partial charge in [-0.3, -0.25) is 4.79 Å². The third-order valence-electron chi connectivity index (χ3n) is 4.81. The summed E-state index contributed by atoms with van der Waals surface area (Å²) in [6.07, 6.45) is 0. The van der Waals surface area contributed by atoms with Crippen LogP contribution in [0.4, 0.5) is 0 Å². The van der Waals surface area contributed by atoms with Gasteiger partial charge in [-0.25, -0.2) is 0 Å². The number of ether oxygens (including phenoxy) is 1. The molecule has 0 saturated carbocycles. The Labute approximate surface area is 178 Å². The highest BCUT2D eigenvalue weighted by Gasteiger charge is 2.27. The van der Waals surface area contributed by atoms with Crippen LogP contribution in [0.3, 0.4) is 0 Å². The summed E-state index contributed by atoms with van der Waals surface area (Å²) in [7, 11) is 0. The Hall–Kier alpha value is -2.86. The van der Waals surface area contributed by atoms with Gasteiger partial charge in [-0.2, -0.15) is 5.11 Å². The van der Waals surface area contributed by atoms with Crippen LogP contribution in [0.15, 0.2) is 64.0 Å². The molecule has 0 aliphatic carbocycles. The van der Waals surface area contributed by atoms with Crippen LogP contribution in [0.25, 0.3) is 11.1 Å². The lowest BCUT2D eigenvalue weighted by molar-refractivity contribution is -0.158. The molecule has 2 aromatic carbocycles. The normalized spacial score (nSPS) is 14.7. The lowest BCUT2D eigenvalue weighted by atomic mass is 9.96. The molecule has 0 bridgehead atoms. The molecule has 0 fully saturated rings. The second-order valence-electron chi connectivity index (χ2n) is 8.81. The number of hydrogen-bond acceptors (Lipinski definition) is 6. The van der Waals surface area contributed by atoms with E-state index in [1.807, 2.05) is 52.8 Å². The van der Waals surface area contributed by atoms with Crippen LogP contribution in [-0.2, 0) is 16.1 Å². The van der Waals surface area contributed by atoms with E-state index in [-0.39, 0.29) is 17.9 Å². The minimum Gasteiger partial charge on any atom is -0.459 e. The number of esters is 1. The molecule has 0 unspecified atom stereocenters. The minimum atomic E-state index is -0.495. The van der Waals surface area contributed by atoms with Crippen molar-refractivity contribution < 1.29 is 9.53 Å². The summed E-state index contributed by atoms with van der Waals surface area (Å²) in [6.45, 7) is 10.8. The third kappa shape index (κ3) is 5.60. The van der Waals surface area contributed by atoms with Gasteiger partial charge in [-0.15, -0.1) is 5.10 Å². The van der Waals surface area contributed by atoms with Crippen molar-refractivity contribution in [1.29, 1.82) is 0 Å². The van der Waals surface area contributed by atoms with Gasteiger partial charge < -0.3 is 10.1 Å². The molecule has 1 N–H and O–H groups in total. The summed E-state index contributed by atoms with van der Waals surface area (Å²) >= 11 is 0. The van der Waals surface area contributed by atoms with E-state index in [1.165, 1.54) is 0 Å². The first-order chi connectivity index (χ1) is 14.2. The largest absolute Gasteiger partial charge is 0.459 e. The number of hydrogen-bond donors (Lipinski definition) is 1. The lowest BCUT2D eigenvalue weighted by Gasteiger charge is -2.26. The monoisotopic (exact) mass is 406 g/mol. The van der Waals surface area contributed by atoms with Crippen molar-refractivity contribution in [2.75, 3.05) is 6.54 Å². The van der Waals surface area contributed by atoms with Gasteiger partial charge in [-0.05, 0) is 48.6 Å². The number of nitrogens with zero attached hydrogens (tertiary/aromatic N) is 3. The SMILES string of the molecule is CC(C)[C@H](NCc1ccc(-c2ccccc2C2=NN=NC2)cc1)C(=O)OC(C)(C)C. The van der Waals surface area contributed by atoms with Crippen LogP contribution < -0.4 is 5.32 Å². The van der Waals surface area contributed by atoms with Gasteiger partial charge in [0.2, 0.25) is 0 Å². The van der Waals surface area contributed by atoms with Crippen LogP contribution in [-0.4, -0.2) is 29.9 Å². The van der Waals surface area contributed by atoms with Crippen LogP contribution in [0.5, 0.6) is 0 Å². The van der Waals surface area contributed by atoms with E-state index >= 15 is 0 Å². The molecular weight excluding hydrogens is 376 g/mol. The molecule has 1 aliphatic heterocycles. The number of carbonyl (C=O) groups is 1. The van der Waals surface area contributed by atoms with Crippen LogP contribution in [0.2, 0.25) is 0 Å². The smallest absolute Gasteiger partial charge is 0.323 e. The van der Waals surface area contributed by atoms with Gasteiger partial charge in [0.1, 0.15) is 18.2 Å². The zero-order valence-electron chi connectivity index (χ0n) is 18.3. The molecule has 6 heteroatoms. The molecule has 1 heterocycles. The molecule has 0 spiro atoms. The molecule has 3 rings (SSSR count). The molecular formula is C24H30N4O2. The number of carbonyl (C=O) groups excluding carboxylic acids is 1. The van der Waals surface area contributed by atoms with Gasteiger partial charge in [-0.1, -0.05) is 62.4 Å². The Kier molecular flexibility index (Phi) is 6.77. The molecule has 0 radical (unpaired) electrons. The maximum atomic E-state index is 12.5. The number of nitrogens with one attached hydrogen (secondary N) is 1. The Morgan fingerprint density at radius 2 is 1.73 bits per heavy atom. The Morgan fingerprint density at radius 3 is 2.30 bits per heavy atom. The third-order valence-corrected chi connectivity index (χ3v) is 4.81. The minimum absolute atomic E-state index is 0.133. The summed E-state index contributed by atoms with van der Waals surface area (Å²) in [5.74, 6) is -0.0785. The van der Waals surface area contributed by atoms with E-state index in [0.717, 1.165) is 28.0 Å². The van der Waals surface area contributed by atoms with Crippen LogP contribution in [0.1, 0.15) is 45.7 Å². The van der Waals surface area contributed by atoms with Crippen LogP contribution in [0, 0.1) is 5.92 Å². The maximum Gasteiger partial charge on any atom is 0.323 e. The molecule has 6 nitrogen and oxygen atoms in total. The van der Waals surface area contributed by atoms with Gasteiger partial charge >= 0.3 is 5.97 Å². The summed E-state index contributed by atoms with van der Waals surface area (Å²) in [5, 5.41) is 15.2. The number of benzene rings is 2. The predicted molar refractivity (Wildman–Crippen MR) is 119 cm³/mol. The fraction of sp³-hybridized carbons (Fsp3) is 0.417. The van der Waals surface area contributed by atoms with Crippen LogP contribution >= 0.6 is 0 Å². The topological polar surface area (TPSA) is 75.4 Å². The first kappa shape index (κ1) is 21.8. The van der Waals surface area contributed by atoms with Crippen molar-refractivity contribution in [3.05, 3.63) is 59.7 Å². The standard InChI is InChI=1S/C24H30N4O2/c1-16(2)22(23(29)30-24(3,4)5)25-14-17-10-12-18(13-11-17)19-8-6-7-9-20(19)21-15-26-28-27-21/h6-13,16,22,25H,14-15H2,1-5H3/t22-/m0/s1. The quantitative estimate of drug-likeness (QED) is 0.659. The second kappa shape index (κ2) is 9.30. The first-order valence-electron chi connectivity index (χ1n) is 10.3. The van der Waals surface area contributed by atoms with Gasteiger partial charge in [0.05, 0.1) is 5.71 Å². The van der Waals surface area contributed by atoms with Crippen molar-refractivity contribution in [2.24, 2.45) is 21.4 Å². The van der Waals surface area contributed by atoms with E-state index in [1.54, 1.807) is 0 Å². The first-order valence-corrected chi connectivity index (χ1v) is 10.3. The zero-order valence-corrected chi connectivity index (χ0v) is 18.3.